The molecule has 5 heteroatoms. The van der Waals surface area contributed by atoms with Crippen molar-refractivity contribution in [1.29, 1.82) is 0 Å². The molecule has 4 aromatic rings. The maximum Gasteiger partial charge on any atom is 0.343 e. The quantitative estimate of drug-likeness (QED) is 0.116. The van der Waals surface area contributed by atoms with Gasteiger partial charge in [-0.3, -0.25) is 0 Å². The zero-order chi connectivity index (χ0) is 28.3. The van der Waals surface area contributed by atoms with Crippen LogP contribution < -0.4 is 14.8 Å². The Balaban J connectivity index is 1.62. The summed E-state index contributed by atoms with van der Waals surface area (Å²) in [5.41, 5.74) is 6.03. The second-order valence-electron chi connectivity index (χ2n) is 9.56. The van der Waals surface area contributed by atoms with E-state index in [9.17, 15) is 9.90 Å². The average molecular weight is 536 g/mol. The molecule has 0 aliphatic carbocycles. The Morgan fingerprint density at radius 2 is 1.25 bits per heavy atom. The van der Waals surface area contributed by atoms with E-state index in [-0.39, 0.29) is 18.6 Å². The van der Waals surface area contributed by atoms with Gasteiger partial charge >= 0.3 is 5.97 Å². The van der Waals surface area contributed by atoms with Crippen molar-refractivity contribution in [2.24, 2.45) is 0 Å². The molecule has 2 N–H and O–H groups in total. The molecule has 0 aromatic heterocycles. The van der Waals surface area contributed by atoms with Crippen LogP contribution in [0.5, 0.6) is 11.5 Å². The maximum absolute atomic E-state index is 12.5. The van der Waals surface area contributed by atoms with E-state index in [1.165, 1.54) is 5.57 Å². The average Bonchev–Trinajstić information content (AvgIpc) is 3.01. The van der Waals surface area contributed by atoms with Gasteiger partial charge in [-0.05, 0) is 84.1 Å². The van der Waals surface area contributed by atoms with Gasteiger partial charge in [-0.1, -0.05) is 86.6 Å². The number of nitrogens with one attached hydrogen (secondary N) is 1. The summed E-state index contributed by atoms with van der Waals surface area (Å²) < 4.78 is 11.5. The number of ether oxygens (including phenoxy) is 2. The number of esters is 1. The molecule has 0 aliphatic rings. The summed E-state index contributed by atoms with van der Waals surface area (Å²) in [5.74, 6) is 0.807. The Morgan fingerprint density at radius 3 is 1.75 bits per heavy atom. The normalized spacial score (nSPS) is 13.2. The highest BCUT2D eigenvalue weighted by molar-refractivity contribution is 5.98. The highest BCUT2D eigenvalue weighted by atomic mass is 16.5. The Labute approximate surface area is 237 Å². The van der Waals surface area contributed by atoms with E-state index in [1.54, 1.807) is 12.1 Å². The Morgan fingerprint density at radius 1 is 0.725 bits per heavy atom. The van der Waals surface area contributed by atoms with Crippen LogP contribution in [-0.2, 0) is 0 Å². The predicted octanol–water partition coefficient (Wildman–Crippen LogP) is 7.01. The van der Waals surface area contributed by atoms with E-state index < -0.39 is 6.10 Å². The number of aliphatic hydroxyl groups excluding tert-OH is 1. The van der Waals surface area contributed by atoms with E-state index in [4.69, 9.17) is 9.47 Å². The lowest BCUT2D eigenvalue weighted by Gasteiger charge is -2.21. The van der Waals surface area contributed by atoms with Crippen LogP contribution in [0.1, 0.15) is 53.7 Å². The van der Waals surface area contributed by atoms with Gasteiger partial charge in [0.15, 0.2) is 0 Å². The summed E-state index contributed by atoms with van der Waals surface area (Å²) in [6.07, 6.45) is 1.05. The molecule has 0 bridgehead atoms. The van der Waals surface area contributed by atoms with Gasteiger partial charge in [0.05, 0.1) is 5.56 Å². The van der Waals surface area contributed by atoms with Crippen LogP contribution >= 0.6 is 0 Å². The summed E-state index contributed by atoms with van der Waals surface area (Å²) in [4.78, 5) is 12.5. The Bertz CT molecular complexity index is 1380. The zero-order valence-electron chi connectivity index (χ0n) is 23.3. The number of aliphatic hydroxyl groups is 1. The van der Waals surface area contributed by atoms with Crippen molar-refractivity contribution >= 4 is 17.1 Å². The lowest BCUT2D eigenvalue weighted by atomic mass is 9.88. The molecule has 2 unspecified atom stereocenters. The van der Waals surface area contributed by atoms with Crippen LogP contribution in [0, 0.1) is 0 Å². The highest BCUT2D eigenvalue weighted by Gasteiger charge is 2.17. The van der Waals surface area contributed by atoms with Gasteiger partial charge in [-0.15, -0.1) is 0 Å². The lowest BCUT2D eigenvalue weighted by Crippen LogP contribution is -2.40. The minimum Gasteiger partial charge on any atom is -0.491 e. The summed E-state index contributed by atoms with van der Waals surface area (Å²) >= 11 is 0. The van der Waals surface area contributed by atoms with Gasteiger partial charge in [0, 0.05) is 6.04 Å². The summed E-state index contributed by atoms with van der Waals surface area (Å²) in [5, 5.41) is 13.5. The van der Waals surface area contributed by atoms with Crippen molar-refractivity contribution in [3.05, 3.63) is 131 Å². The molecule has 0 fully saturated rings. The molecule has 4 rings (SSSR count). The number of rotatable bonds is 12. The van der Waals surface area contributed by atoms with Crippen molar-refractivity contribution < 1.29 is 19.4 Å². The van der Waals surface area contributed by atoms with E-state index in [0.717, 1.165) is 35.1 Å². The van der Waals surface area contributed by atoms with Crippen molar-refractivity contribution in [2.75, 3.05) is 13.7 Å². The fourth-order valence-electron chi connectivity index (χ4n) is 4.79. The standard InChI is InChI=1S/C35H37NO4/c1-4-31(25-12-8-6-9-13-25)34(26-16-20-29(21-17-26)39-24-33(37)32(5-2)36-3)27-18-22-30(23-19-27)40-35(38)28-14-10-7-11-15-28/h6-23,32-33,36-37H,4-5,24H2,1-3H3. The van der Waals surface area contributed by atoms with Crippen LogP contribution in [-0.4, -0.2) is 36.9 Å². The van der Waals surface area contributed by atoms with Gasteiger partial charge in [-0.2, -0.15) is 0 Å². The molecule has 0 heterocycles. The summed E-state index contributed by atoms with van der Waals surface area (Å²) in [6.45, 7) is 4.41. The van der Waals surface area contributed by atoms with Crippen molar-refractivity contribution in [2.45, 2.75) is 38.8 Å². The maximum atomic E-state index is 12.5. The fourth-order valence-corrected chi connectivity index (χ4v) is 4.79. The Hall–Kier alpha value is -4.19. The van der Waals surface area contributed by atoms with Crippen LogP contribution in [0.15, 0.2) is 109 Å². The highest BCUT2D eigenvalue weighted by Crippen LogP contribution is 2.35. The van der Waals surface area contributed by atoms with Crippen LogP contribution in [0.2, 0.25) is 0 Å². The molecule has 0 radical (unpaired) electrons. The number of allylic oxidation sites excluding steroid dienone is 1. The molecule has 0 spiro atoms. The third-order valence-electron chi connectivity index (χ3n) is 6.98. The van der Waals surface area contributed by atoms with Gasteiger partial charge in [0.2, 0.25) is 0 Å². The van der Waals surface area contributed by atoms with Crippen molar-refractivity contribution in [1.82, 2.24) is 5.32 Å². The van der Waals surface area contributed by atoms with Crippen molar-refractivity contribution in [3.63, 3.8) is 0 Å². The predicted molar refractivity (Wildman–Crippen MR) is 162 cm³/mol. The first kappa shape index (κ1) is 28.8. The minimum atomic E-state index is -0.593. The van der Waals surface area contributed by atoms with Gasteiger partial charge in [-0.25, -0.2) is 4.79 Å². The summed E-state index contributed by atoms with van der Waals surface area (Å²) in [6, 6.07) is 35.0. The largest absolute Gasteiger partial charge is 0.491 e. The fraction of sp³-hybridized carbons (Fsp3) is 0.229. The smallest absolute Gasteiger partial charge is 0.343 e. The first-order chi connectivity index (χ1) is 19.5. The molecule has 0 saturated heterocycles. The number of hydrogen-bond acceptors (Lipinski definition) is 5. The second-order valence-corrected chi connectivity index (χ2v) is 9.56. The molecule has 5 nitrogen and oxygen atoms in total. The number of likely N-dealkylation sites (N-methyl/N-ethyl adjacent to an activating group) is 1. The molecule has 0 saturated carbocycles. The third kappa shape index (κ3) is 7.26. The Kier molecular flexibility index (Phi) is 10.3. The van der Waals surface area contributed by atoms with E-state index in [1.807, 2.05) is 98.9 Å². The molecule has 0 aliphatic heterocycles. The second kappa shape index (κ2) is 14.3. The first-order valence-electron chi connectivity index (χ1n) is 13.8. The first-order valence-corrected chi connectivity index (χ1v) is 13.8. The van der Waals surface area contributed by atoms with Crippen molar-refractivity contribution in [3.8, 4) is 11.5 Å². The van der Waals surface area contributed by atoms with Crippen LogP contribution in [0.3, 0.4) is 0 Å². The molecule has 0 amide bonds. The molecule has 40 heavy (non-hydrogen) atoms. The monoisotopic (exact) mass is 535 g/mol. The number of carbonyl (C=O) groups excluding carboxylic acids is 1. The van der Waals surface area contributed by atoms with Gasteiger partial charge in [0.25, 0.3) is 0 Å². The van der Waals surface area contributed by atoms with Crippen LogP contribution in [0.25, 0.3) is 11.1 Å². The molecule has 206 valence electrons. The van der Waals surface area contributed by atoms with Gasteiger partial charge in [0.1, 0.15) is 24.2 Å². The van der Waals surface area contributed by atoms with E-state index in [2.05, 4.69) is 24.4 Å². The number of hydrogen-bond donors (Lipinski definition) is 2. The molecular weight excluding hydrogens is 498 g/mol. The molecule has 2 atom stereocenters. The van der Waals surface area contributed by atoms with Crippen LogP contribution in [0.4, 0.5) is 0 Å². The van der Waals surface area contributed by atoms with E-state index in [0.29, 0.717) is 17.1 Å². The lowest BCUT2D eigenvalue weighted by molar-refractivity contribution is 0.0734. The number of benzene rings is 4. The molecular formula is C35H37NO4. The number of carbonyl (C=O) groups is 1. The SMILES string of the molecule is CCC(=C(c1ccc(OCC(O)C(CC)NC)cc1)c1ccc(OC(=O)c2ccccc2)cc1)c1ccccc1. The summed E-state index contributed by atoms with van der Waals surface area (Å²) in [7, 11) is 1.85. The van der Waals surface area contributed by atoms with Gasteiger partial charge < -0.3 is 19.9 Å². The minimum absolute atomic E-state index is 0.0123. The van der Waals surface area contributed by atoms with E-state index >= 15 is 0 Å². The third-order valence-corrected chi connectivity index (χ3v) is 6.98. The topological polar surface area (TPSA) is 67.8 Å². The molecule has 4 aromatic carbocycles. The zero-order valence-corrected chi connectivity index (χ0v) is 23.3.